The third kappa shape index (κ3) is 5.31. The zero-order valence-corrected chi connectivity index (χ0v) is 15.9. The Morgan fingerprint density at radius 2 is 2.10 bits per heavy atom. The van der Waals surface area contributed by atoms with Crippen molar-refractivity contribution in [1.29, 1.82) is 0 Å². The highest BCUT2D eigenvalue weighted by Gasteiger charge is 2.16. The summed E-state index contributed by atoms with van der Waals surface area (Å²) in [7, 11) is 0. The highest BCUT2D eigenvalue weighted by atomic mass is 32.1. The van der Waals surface area contributed by atoms with Crippen molar-refractivity contribution in [3.63, 3.8) is 0 Å². The van der Waals surface area contributed by atoms with Gasteiger partial charge in [0.2, 0.25) is 5.91 Å². The monoisotopic (exact) mass is 423 g/mol. The third-order valence-electron chi connectivity index (χ3n) is 3.81. The molecule has 1 aromatic carbocycles. The first-order chi connectivity index (χ1) is 13.8. The van der Waals surface area contributed by atoms with E-state index in [4.69, 9.17) is 0 Å². The number of anilines is 1. The number of carbonyl (C=O) groups excluding carboxylic acids is 1. The zero-order valence-electron chi connectivity index (χ0n) is 15.0. The topological polar surface area (TPSA) is 112 Å². The van der Waals surface area contributed by atoms with Crippen LogP contribution in [0.15, 0.2) is 35.8 Å². The minimum absolute atomic E-state index is 0.0431. The number of ether oxygens (including phenoxy) is 1. The fourth-order valence-electron chi connectivity index (χ4n) is 2.47. The van der Waals surface area contributed by atoms with E-state index in [9.17, 15) is 23.7 Å². The SMILES string of the molecule is Cc1nn(CCC(=O)Nc2nc(-c3ccc(OC(F)F)cc3)cs2)cc1[N+](=O)[O-]. The maximum absolute atomic E-state index is 12.2. The maximum atomic E-state index is 12.2. The van der Waals surface area contributed by atoms with Crippen LogP contribution in [0.3, 0.4) is 0 Å². The fourth-order valence-corrected chi connectivity index (χ4v) is 3.21. The van der Waals surface area contributed by atoms with Gasteiger partial charge in [-0.2, -0.15) is 13.9 Å². The first kappa shape index (κ1) is 20.3. The van der Waals surface area contributed by atoms with Crippen LogP contribution < -0.4 is 10.1 Å². The molecule has 3 rings (SSSR count). The Labute approximate surface area is 167 Å². The third-order valence-corrected chi connectivity index (χ3v) is 4.57. The molecule has 0 aliphatic heterocycles. The van der Waals surface area contributed by atoms with Crippen molar-refractivity contribution < 1.29 is 23.2 Å². The van der Waals surface area contributed by atoms with Crippen molar-refractivity contribution in [2.24, 2.45) is 0 Å². The standard InChI is InChI=1S/C17H15F2N5O4S/c1-10-14(24(26)27)8-23(22-10)7-6-15(25)21-17-20-13(9-29-17)11-2-4-12(5-3-11)28-16(18)19/h2-5,8-9,16H,6-7H2,1H3,(H,20,21,25). The smallest absolute Gasteiger partial charge is 0.387 e. The lowest BCUT2D eigenvalue weighted by Gasteiger charge is -2.04. The molecule has 0 bridgehead atoms. The molecule has 0 saturated heterocycles. The number of nitrogens with zero attached hydrogens (tertiary/aromatic N) is 4. The van der Waals surface area contributed by atoms with Crippen molar-refractivity contribution in [2.45, 2.75) is 26.5 Å². The Kier molecular flexibility index (Phi) is 6.12. The first-order valence-corrected chi connectivity index (χ1v) is 9.19. The molecule has 1 N–H and O–H groups in total. The number of hydrogen-bond donors (Lipinski definition) is 1. The van der Waals surface area contributed by atoms with Crippen LogP contribution in [0.25, 0.3) is 11.3 Å². The van der Waals surface area contributed by atoms with Crippen LogP contribution in [0.1, 0.15) is 12.1 Å². The molecule has 0 aliphatic carbocycles. The van der Waals surface area contributed by atoms with E-state index in [-0.39, 0.29) is 36.0 Å². The van der Waals surface area contributed by atoms with Crippen LogP contribution in [0.2, 0.25) is 0 Å². The van der Waals surface area contributed by atoms with Gasteiger partial charge in [0.25, 0.3) is 0 Å². The summed E-state index contributed by atoms with van der Waals surface area (Å²) < 4.78 is 30.0. The lowest BCUT2D eigenvalue weighted by molar-refractivity contribution is -0.385. The summed E-state index contributed by atoms with van der Waals surface area (Å²) in [6.45, 7) is -1.18. The lowest BCUT2D eigenvalue weighted by atomic mass is 10.2. The normalized spacial score (nSPS) is 10.9. The minimum atomic E-state index is -2.89. The lowest BCUT2D eigenvalue weighted by Crippen LogP contribution is -2.14. The van der Waals surface area contributed by atoms with Gasteiger partial charge in [0, 0.05) is 23.9 Å². The van der Waals surface area contributed by atoms with E-state index in [1.807, 2.05) is 0 Å². The number of thiazole rings is 1. The Balaban J connectivity index is 1.56. The number of nitro groups is 1. The highest BCUT2D eigenvalue weighted by molar-refractivity contribution is 7.14. The molecular formula is C17H15F2N5O4S. The maximum Gasteiger partial charge on any atom is 0.387 e. The van der Waals surface area contributed by atoms with Gasteiger partial charge in [0.1, 0.15) is 17.6 Å². The van der Waals surface area contributed by atoms with Crippen LogP contribution in [0.5, 0.6) is 5.75 Å². The predicted molar refractivity (Wildman–Crippen MR) is 101 cm³/mol. The van der Waals surface area contributed by atoms with Crippen molar-refractivity contribution in [3.8, 4) is 17.0 Å². The quantitative estimate of drug-likeness (QED) is 0.435. The molecule has 0 fully saturated rings. The first-order valence-electron chi connectivity index (χ1n) is 8.31. The zero-order chi connectivity index (χ0) is 21.0. The van der Waals surface area contributed by atoms with E-state index in [0.29, 0.717) is 16.4 Å². The van der Waals surface area contributed by atoms with E-state index in [1.54, 1.807) is 17.5 Å². The Morgan fingerprint density at radius 1 is 1.38 bits per heavy atom. The van der Waals surface area contributed by atoms with Gasteiger partial charge in [-0.25, -0.2) is 4.98 Å². The van der Waals surface area contributed by atoms with E-state index in [2.05, 4.69) is 20.1 Å². The molecule has 29 heavy (non-hydrogen) atoms. The van der Waals surface area contributed by atoms with Gasteiger partial charge in [-0.3, -0.25) is 19.6 Å². The summed E-state index contributed by atoms with van der Waals surface area (Å²) in [5.41, 5.74) is 1.44. The second kappa shape index (κ2) is 8.73. The van der Waals surface area contributed by atoms with Crippen molar-refractivity contribution in [1.82, 2.24) is 14.8 Å². The van der Waals surface area contributed by atoms with Crippen molar-refractivity contribution in [2.75, 3.05) is 5.32 Å². The molecule has 152 valence electrons. The number of carbonyl (C=O) groups is 1. The summed E-state index contributed by atoms with van der Waals surface area (Å²) in [4.78, 5) is 26.7. The Morgan fingerprint density at radius 3 is 2.72 bits per heavy atom. The highest BCUT2D eigenvalue weighted by Crippen LogP contribution is 2.27. The van der Waals surface area contributed by atoms with Crippen molar-refractivity contribution >= 4 is 28.1 Å². The number of amides is 1. The molecule has 0 radical (unpaired) electrons. The molecule has 9 nitrogen and oxygen atoms in total. The number of aromatic nitrogens is 3. The molecule has 0 atom stereocenters. The number of aryl methyl sites for hydroxylation is 2. The van der Waals surface area contributed by atoms with Gasteiger partial charge >= 0.3 is 12.3 Å². The summed E-state index contributed by atoms with van der Waals surface area (Å²) in [5, 5.41) is 19.6. The van der Waals surface area contributed by atoms with Gasteiger partial charge in [-0.15, -0.1) is 11.3 Å². The minimum Gasteiger partial charge on any atom is -0.435 e. The Bertz CT molecular complexity index is 1020. The number of hydrogen-bond acceptors (Lipinski definition) is 7. The predicted octanol–water partition coefficient (Wildman–Crippen LogP) is 3.85. The van der Waals surface area contributed by atoms with Gasteiger partial charge < -0.3 is 10.1 Å². The molecule has 0 aliphatic rings. The van der Waals surface area contributed by atoms with Crippen LogP contribution in [0.4, 0.5) is 19.6 Å². The number of alkyl halides is 2. The largest absolute Gasteiger partial charge is 0.435 e. The average molecular weight is 423 g/mol. The average Bonchev–Trinajstić information content (AvgIpc) is 3.27. The van der Waals surface area contributed by atoms with Crippen LogP contribution in [0, 0.1) is 17.0 Å². The van der Waals surface area contributed by atoms with Crippen LogP contribution >= 0.6 is 11.3 Å². The number of halogens is 2. The Hall–Kier alpha value is -3.41. The van der Waals surface area contributed by atoms with E-state index < -0.39 is 11.5 Å². The van der Waals surface area contributed by atoms with Crippen molar-refractivity contribution in [3.05, 3.63) is 51.7 Å². The van der Waals surface area contributed by atoms with Gasteiger partial charge in [-0.05, 0) is 31.2 Å². The van der Waals surface area contributed by atoms with Gasteiger partial charge in [0.05, 0.1) is 10.6 Å². The van der Waals surface area contributed by atoms with E-state index in [0.717, 1.165) is 0 Å². The van der Waals surface area contributed by atoms with Crippen LogP contribution in [-0.4, -0.2) is 32.2 Å². The summed E-state index contributed by atoms with van der Waals surface area (Å²) >= 11 is 1.21. The summed E-state index contributed by atoms with van der Waals surface area (Å²) in [5.74, 6) is -0.274. The fraction of sp³-hybridized carbons (Fsp3) is 0.235. The van der Waals surface area contributed by atoms with E-state index in [1.165, 1.54) is 41.3 Å². The summed E-state index contributed by atoms with van der Waals surface area (Å²) in [6.07, 6.45) is 1.35. The molecule has 2 aromatic heterocycles. The molecule has 0 spiro atoms. The molecule has 1 amide bonds. The molecular weight excluding hydrogens is 408 g/mol. The molecule has 12 heteroatoms. The van der Waals surface area contributed by atoms with Crippen LogP contribution in [-0.2, 0) is 11.3 Å². The van der Waals surface area contributed by atoms with E-state index >= 15 is 0 Å². The second-order valence-electron chi connectivity index (χ2n) is 5.86. The number of benzene rings is 1. The molecule has 0 saturated carbocycles. The molecule has 3 aromatic rings. The summed E-state index contributed by atoms with van der Waals surface area (Å²) in [6, 6.07) is 5.99. The number of rotatable bonds is 8. The molecule has 2 heterocycles. The van der Waals surface area contributed by atoms with Gasteiger partial charge in [-0.1, -0.05) is 0 Å². The second-order valence-corrected chi connectivity index (χ2v) is 6.72. The van der Waals surface area contributed by atoms with Gasteiger partial charge in [0.15, 0.2) is 5.13 Å². The number of nitrogens with one attached hydrogen (secondary N) is 1. The molecule has 0 unspecified atom stereocenters.